The van der Waals surface area contributed by atoms with Gasteiger partial charge in [-0.15, -0.1) is 0 Å². The van der Waals surface area contributed by atoms with Crippen LogP contribution in [-0.4, -0.2) is 41.9 Å². The van der Waals surface area contributed by atoms with Gasteiger partial charge in [0.1, 0.15) is 0 Å². The number of fused-ring (bicyclic) bond motifs is 4. The molecule has 0 saturated heterocycles. The van der Waals surface area contributed by atoms with Crippen LogP contribution in [0.15, 0.2) is 133 Å². The summed E-state index contributed by atoms with van der Waals surface area (Å²) in [5.41, 5.74) is 19.4. The zero-order valence-electron chi connectivity index (χ0n) is 33.5. The van der Waals surface area contributed by atoms with E-state index in [9.17, 15) is 19.7 Å². The van der Waals surface area contributed by atoms with Gasteiger partial charge >= 0.3 is 0 Å². The van der Waals surface area contributed by atoms with E-state index < -0.39 is 4.92 Å². The summed E-state index contributed by atoms with van der Waals surface area (Å²) in [6.07, 6.45) is 5.67. The second-order valence-corrected chi connectivity index (χ2v) is 16.2. The highest BCUT2D eigenvalue weighted by Gasteiger charge is 2.29. The SMILES string of the molecule is Nc1cc(C(=O)N2CCc3ccccc32)ccc1CNC1Cc2ccccc2C1.O=C(c1ccc(CNC2Cc3ccccc3C2)c([N+](=O)[O-])c1)N1CCc2ccccc21. The van der Waals surface area contributed by atoms with E-state index in [0.717, 1.165) is 67.6 Å². The van der Waals surface area contributed by atoms with Gasteiger partial charge in [0.05, 0.1) is 4.92 Å². The Labute approximate surface area is 350 Å². The monoisotopic (exact) mass is 796 g/mol. The molecule has 10 rings (SSSR count). The van der Waals surface area contributed by atoms with Gasteiger partial charge in [0.2, 0.25) is 0 Å². The number of nitrogen functional groups attached to an aromatic ring is 1. The van der Waals surface area contributed by atoms with Crippen molar-refractivity contribution < 1.29 is 14.5 Å². The third-order valence-electron chi connectivity index (χ3n) is 12.5. The van der Waals surface area contributed by atoms with Gasteiger partial charge < -0.3 is 26.2 Å². The topological polar surface area (TPSA) is 134 Å². The number of hydrogen-bond donors (Lipinski definition) is 3. The molecule has 0 aromatic heterocycles. The van der Waals surface area contributed by atoms with E-state index in [1.165, 1.54) is 33.9 Å². The third-order valence-corrected chi connectivity index (χ3v) is 12.5. The predicted molar refractivity (Wildman–Crippen MR) is 237 cm³/mol. The first kappa shape index (κ1) is 38.9. The molecule has 6 aromatic carbocycles. The summed E-state index contributed by atoms with van der Waals surface area (Å²) in [5.74, 6) is -0.175. The number of para-hydroxylation sites is 2. The molecule has 4 aliphatic rings. The van der Waals surface area contributed by atoms with Gasteiger partial charge in [-0.05, 0) is 108 Å². The van der Waals surface area contributed by atoms with Gasteiger partial charge in [-0.3, -0.25) is 19.7 Å². The van der Waals surface area contributed by atoms with Crippen LogP contribution in [0.25, 0.3) is 0 Å². The van der Waals surface area contributed by atoms with Crippen molar-refractivity contribution in [2.24, 2.45) is 0 Å². The number of amides is 2. The summed E-state index contributed by atoms with van der Waals surface area (Å²) < 4.78 is 0. The van der Waals surface area contributed by atoms with E-state index in [4.69, 9.17) is 5.73 Å². The average Bonchev–Trinajstić information content (AvgIpc) is 4.09. The van der Waals surface area contributed by atoms with Crippen LogP contribution in [-0.2, 0) is 51.6 Å². The van der Waals surface area contributed by atoms with Crippen LogP contribution in [0.5, 0.6) is 0 Å². The molecule has 302 valence electrons. The Morgan fingerprint density at radius 1 is 0.567 bits per heavy atom. The molecule has 2 amide bonds. The Kier molecular flexibility index (Phi) is 11.0. The number of anilines is 3. The van der Waals surface area contributed by atoms with Crippen LogP contribution < -0.4 is 26.2 Å². The highest BCUT2D eigenvalue weighted by molar-refractivity contribution is 6.08. The summed E-state index contributed by atoms with van der Waals surface area (Å²) in [4.78, 5) is 41.0. The fraction of sp³-hybridized carbons (Fsp3) is 0.240. The normalized spacial score (nSPS) is 15.2. The Bertz CT molecular complexity index is 2560. The van der Waals surface area contributed by atoms with E-state index in [-0.39, 0.29) is 23.5 Å². The maximum atomic E-state index is 13.1. The third kappa shape index (κ3) is 8.04. The molecule has 2 heterocycles. The molecule has 6 aromatic rings. The number of benzene rings is 6. The van der Waals surface area contributed by atoms with Crippen molar-refractivity contribution in [1.82, 2.24) is 10.6 Å². The Balaban J connectivity index is 0.000000154. The molecule has 2 aliphatic heterocycles. The minimum absolute atomic E-state index is 0.0126. The fourth-order valence-corrected chi connectivity index (χ4v) is 9.23. The van der Waals surface area contributed by atoms with Crippen molar-refractivity contribution in [3.63, 3.8) is 0 Å². The molecular weight excluding hydrogens is 749 g/mol. The molecule has 10 nitrogen and oxygen atoms in total. The van der Waals surface area contributed by atoms with Gasteiger partial charge in [-0.25, -0.2) is 0 Å². The Morgan fingerprint density at radius 3 is 1.42 bits per heavy atom. The van der Waals surface area contributed by atoms with Crippen molar-refractivity contribution in [2.45, 2.75) is 63.7 Å². The summed E-state index contributed by atoms with van der Waals surface area (Å²) >= 11 is 0. The molecule has 60 heavy (non-hydrogen) atoms. The summed E-state index contributed by atoms with van der Waals surface area (Å²) in [6.45, 7) is 2.43. The second-order valence-electron chi connectivity index (χ2n) is 16.2. The summed E-state index contributed by atoms with van der Waals surface area (Å²) in [6, 6.07) is 44.2. The number of carbonyl (C=O) groups excluding carboxylic acids is 2. The van der Waals surface area contributed by atoms with Gasteiger partial charge in [-0.1, -0.05) is 97.1 Å². The van der Waals surface area contributed by atoms with E-state index in [2.05, 4.69) is 53.1 Å². The zero-order valence-corrected chi connectivity index (χ0v) is 33.5. The number of nitro benzene ring substituents is 1. The molecule has 4 N–H and O–H groups in total. The highest BCUT2D eigenvalue weighted by Crippen LogP contribution is 2.32. The number of nitrogens with one attached hydrogen (secondary N) is 2. The first-order valence-corrected chi connectivity index (χ1v) is 20.8. The molecular formula is C50H48N6O4. The molecule has 2 aliphatic carbocycles. The molecule has 10 heteroatoms. The van der Waals surface area contributed by atoms with Crippen LogP contribution >= 0.6 is 0 Å². The van der Waals surface area contributed by atoms with Crippen LogP contribution in [0, 0.1) is 10.1 Å². The largest absolute Gasteiger partial charge is 0.398 e. The molecule has 0 saturated carbocycles. The lowest BCUT2D eigenvalue weighted by Crippen LogP contribution is -2.30. The number of carbonyl (C=O) groups is 2. The lowest BCUT2D eigenvalue weighted by molar-refractivity contribution is -0.385. The molecule has 0 bridgehead atoms. The molecule has 0 atom stereocenters. The standard InChI is InChI=1S/C25H23N3O3.C25H25N3O/c29-25(27-12-11-17-5-3-4-8-23(17)27)20-9-10-21(24(15-20)28(30)31)16-26-22-13-18-6-1-2-7-19(18)14-22;26-23-15-20(25(29)28-12-11-17-5-3-4-8-24(17)28)9-10-21(23)16-27-22-13-18-6-1-2-7-19(18)14-22/h1-10,15,22,26H,11-14,16H2;1-10,15,22,27H,11-14,16,26H2. The van der Waals surface area contributed by atoms with E-state index in [0.29, 0.717) is 48.1 Å². The summed E-state index contributed by atoms with van der Waals surface area (Å²) in [5, 5.41) is 18.8. The number of nitro groups is 1. The number of nitrogens with two attached hydrogens (primary N) is 1. The first-order valence-electron chi connectivity index (χ1n) is 20.8. The number of rotatable bonds is 9. The zero-order chi connectivity index (χ0) is 41.2. The molecule has 0 radical (unpaired) electrons. The van der Waals surface area contributed by atoms with Crippen LogP contribution in [0.3, 0.4) is 0 Å². The van der Waals surface area contributed by atoms with Gasteiger partial charge in [0.15, 0.2) is 0 Å². The minimum atomic E-state index is -0.394. The van der Waals surface area contributed by atoms with Gasteiger partial charge in [0, 0.05) is 78.1 Å². The lowest BCUT2D eigenvalue weighted by Gasteiger charge is -2.18. The second kappa shape index (κ2) is 16.9. The first-order chi connectivity index (χ1) is 29.3. The van der Waals surface area contributed by atoms with Crippen LogP contribution in [0.4, 0.5) is 22.7 Å². The molecule has 0 unspecified atom stereocenters. The van der Waals surface area contributed by atoms with Crippen molar-refractivity contribution in [3.8, 4) is 0 Å². The van der Waals surface area contributed by atoms with Crippen molar-refractivity contribution >= 4 is 34.6 Å². The van der Waals surface area contributed by atoms with E-state index >= 15 is 0 Å². The summed E-state index contributed by atoms with van der Waals surface area (Å²) in [7, 11) is 0. The average molecular weight is 797 g/mol. The van der Waals surface area contributed by atoms with Crippen molar-refractivity contribution in [1.29, 1.82) is 0 Å². The number of nitrogens with zero attached hydrogens (tertiary/aromatic N) is 3. The predicted octanol–water partition coefficient (Wildman–Crippen LogP) is 7.78. The lowest BCUT2D eigenvalue weighted by atomic mass is 10.1. The maximum absolute atomic E-state index is 13.1. The Morgan fingerprint density at radius 2 is 0.967 bits per heavy atom. The van der Waals surface area contributed by atoms with E-state index in [1.54, 1.807) is 17.0 Å². The quantitative estimate of drug-likeness (QED) is 0.0773. The fourth-order valence-electron chi connectivity index (χ4n) is 9.23. The van der Waals surface area contributed by atoms with Crippen molar-refractivity contribution in [3.05, 3.63) is 199 Å². The van der Waals surface area contributed by atoms with Crippen molar-refractivity contribution in [2.75, 3.05) is 28.6 Å². The molecule has 0 spiro atoms. The maximum Gasteiger partial charge on any atom is 0.274 e. The van der Waals surface area contributed by atoms with Gasteiger partial charge in [0.25, 0.3) is 17.5 Å². The smallest absolute Gasteiger partial charge is 0.274 e. The molecule has 0 fully saturated rings. The van der Waals surface area contributed by atoms with E-state index in [1.807, 2.05) is 77.7 Å². The highest BCUT2D eigenvalue weighted by atomic mass is 16.6. The van der Waals surface area contributed by atoms with Gasteiger partial charge in [-0.2, -0.15) is 0 Å². The number of hydrogen-bond acceptors (Lipinski definition) is 7. The van der Waals surface area contributed by atoms with Crippen LogP contribution in [0.2, 0.25) is 0 Å². The Hall–Kier alpha value is -6.62. The van der Waals surface area contributed by atoms with Crippen LogP contribution in [0.1, 0.15) is 65.2 Å². The minimum Gasteiger partial charge on any atom is -0.398 e.